The lowest BCUT2D eigenvalue weighted by molar-refractivity contribution is 0.475. The fourth-order valence-electron chi connectivity index (χ4n) is 2.22. The second kappa shape index (κ2) is 5.51. The van der Waals surface area contributed by atoms with Crippen molar-refractivity contribution in [2.75, 3.05) is 5.32 Å². The second-order valence-corrected chi connectivity index (χ2v) is 4.70. The first-order chi connectivity index (χ1) is 10.3. The number of nitrogens with zero attached hydrogens (tertiary/aromatic N) is 2. The fourth-order valence-corrected chi connectivity index (χ4v) is 2.22. The zero-order valence-corrected chi connectivity index (χ0v) is 11.2. The summed E-state index contributed by atoms with van der Waals surface area (Å²) in [6.45, 7) is 0.572. The molecule has 0 saturated carbocycles. The van der Waals surface area contributed by atoms with Gasteiger partial charge >= 0.3 is 0 Å². The molecule has 0 saturated heterocycles. The van der Waals surface area contributed by atoms with E-state index in [0.717, 1.165) is 22.2 Å². The Morgan fingerprint density at radius 2 is 1.86 bits per heavy atom. The number of pyridine rings is 1. The number of phenols is 1. The molecule has 0 radical (unpaired) electrons. The summed E-state index contributed by atoms with van der Waals surface area (Å²) in [5, 5.41) is 22.8. The largest absolute Gasteiger partial charge is 0.508 e. The predicted octanol–water partition coefficient (Wildman–Crippen LogP) is 3.42. The van der Waals surface area contributed by atoms with Crippen LogP contribution in [0.2, 0.25) is 0 Å². The molecule has 102 valence electrons. The van der Waals surface area contributed by atoms with Crippen molar-refractivity contribution >= 4 is 16.6 Å². The molecule has 0 atom stereocenters. The molecule has 1 heterocycles. The molecular weight excluding hydrogens is 262 g/mol. The maximum atomic E-state index is 9.29. The summed E-state index contributed by atoms with van der Waals surface area (Å²) in [7, 11) is 0. The zero-order chi connectivity index (χ0) is 14.7. The second-order valence-electron chi connectivity index (χ2n) is 4.70. The van der Waals surface area contributed by atoms with Gasteiger partial charge in [-0.25, -0.2) is 0 Å². The summed E-state index contributed by atoms with van der Waals surface area (Å²) < 4.78 is 0. The minimum atomic E-state index is 0.242. The molecule has 4 nitrogen and oxygen atoms in total. The molecule has 0 aliphatic heterocycles. The Kier molecular flexibility index (Phi) is 3.40. The van der Waals surface area contributed by atoms with Gasteiger partial charge in [0, 0.05) is 18.1 Å². The summed E-state index contributed by atoms with van der Waals surface area (Å²) in [5.41, 5.74) is 3.19. The SMILES string of the molecule is N#Cc1cnc2ccccc2c1NCc1ccc(O)cc1. The van der Waals surface area contributed by atoms with Crippen LogP contribution in [0.4, 0.5) is 5.69 Å². The van der Waals surface area contributed by atoms with Crippen molar-refractivity contribution in [1.29, 1.82) is 5.26 Å². The summed E-state index contributed by atoms with van der Waals surface area (Å²) in [6, 6.07) is 16.9. The molecule has 0 aliphatic carbocycles. The first kappa shape index (κ1) is 12.9. The van der Waals surface area contributed by atoms with Crippen LogP contribution in [0.3, 0.4) is 0 Å². The quantitative estimate of drug-likeness (QED) is 0.768. The number of benzene rings is 2. The van der Waals surface area contributed by atoms with Crippen molar-refractivity contribution in [2.24, 2.45) is 0 Å². The van der Waals surface area contributed by atoms with E-state index in [1.807, 2.05) is 36.4 Å². The van der Waals surface area contributed by atoms with Crippen LogP contribution in [0.15, 0.2) is 54.7 Å². The lowest BCUT2D eigenvalue weighted by Crippen LogP contribution is -2.02. The van der Waals surface area contributed by atoms with Gasteiger partial charge in [0.1, 0.15) is 11.8 Å². The van der Waals surface area contributed by atoms with Crippen LogP contribution in [0.1, 0.15) is 11.1 Å². The molecule has 0 unspecified atom stereocenters. The molecule has 4 heteroatoms. The number of aromatic hydroxyl groups is 1. The van der Waals surface area contributed by atoms with Crippen molar-refractivity contribution in [2.45, 2.75) is 6.54 Å². The summed E-state index contributed by atoms with van der Waals surface area (Å²) in [4.78, 5) is 4.28. The number of nitriles is 1. The van der Waals surface area contributed by atoms with Crippen LogP contribution in [0.25, 0.3) is 10.9 Å². The lowest BCUT2D eigenvalue weighted by Gasteiger charge is -2.11. The van der Waals surface area contributed by atoms with Gasteiger partial charge in [0.25, 0.3) is 0 Å². The van der Waals surface area contributed by atoms with E-state index in [2.05, 4.69) is 16.4 Å². The summed E-state index contributed by atoms with van der Waals surface area (Å²) in [5.74, 6) is 0.242. The number of anilines is 1. The number of aromatic nitrogens is 1. The Morgan fingerprint density at radius 3 is 2.62 bits per heavy atom. The third-order valence-corrected chi connectivity index (χ3v) is 3.30. The highest BCUT2D eigenvalue weighted by atomic mass is 16.3. The number of fused-ring (bicyclic) bond motifs is 1. The van der Waals surface area contributed by atoms with Crippen molar-refractivity contribution < 1.29 is 5.11 Å². The van der Waals surface area contributed by atoms with E-state index < -0.39 is 0 Å². The number of para-hydroxylation sites is 1. The lowest BCUT2D eigenvalue weighted by atomic mass is 10.1. The van der Waals surface area contributed by atoms with Crippen molar-refractivity contribution in [3.05, 3.63) is 65.9 Å². The molecule has 1 aromatic heterocycles. The van der Waals surface area contributed by atoms with Gasteiger partial charge in [0.05, 0.1) is 16.8 Å². The van der Waals surface area contributed by atoms with Crippen LogP contribution >= 0.6 is 0 Å². The van der Waals surface area contributed by atoms with Gasteiger partial charge in [-0.2, -0.15) is 5.26 Å². The zero-order valence-electron chi connectivity index (χ0n) is 11.2. The van der Waals surface area contributed by atoms with Crippen molar-refractivity contribution in [3.63, 3.8) is 0 Å². The summed E-state index contributed by atoms with van der Waals surface area (Å²) >= 11 is 0. The molecule has 2 N–H and O–H groups in total. The normalized spacial score (nSPS) is 10.2. The van der Waals surface area contributed by atoms with Crippen molar-refractivity contribution in [3.8, 4) is 11.8 Å². The van der Waals surface area contributed by atoms with E-state index in [9.17, 15) is 10.4 Å². The van der Waals surface area contributed by atoms with Gasteiger partial charge in [-0.1, -0.05) is 30.3 Å². The van der Waals surface area contributed by atoms with Crippen molar-refractivity contribution in [1.82, 2.24) is 4.98 Å². The summed E-state index contributed by atoms with van der Waals surface area (Å²) in [6.07, 6.45) is 1.58. The average molecular weight is 275 g/mol. The first-order valence-corrected chi connectivity index (χ1v) is 6.57. The van der Waals surface area contributed by atoms with Crippen LogP contribution in [-0.4, -0.2) is 10.1 Å². The molecule has 2 aromatic carbocycles. The van der Waals surface area contributed by atoms with Gasteiger partial charge in [-0.3, -0.25) is 4.98 Å². The Morgan fingerprint density at radius 1 is 1.10 bits per heavy atom. The Hall–Kier alpha value is -3.06. The van der Waals surface area contributed by atoms with Gasteiger partial charge in [0.15, 0.2) is 0 Å². The molecule has 21 heavy (non-hydrogen) atoms. The van der Waals surface area contributed by atoms with E-state index in [-0.39, 0.29) is 5.75 Å². The number of hydrogen-bond acceptors (Lipinski definition) is 4. The molecule has 0 amide bonds. The number of phenolic OH excluding ortho intramolecular Hbond substituents is 1. The third kappa shape index (κ3) is 2.63. The van der Waals surface area contributed by atoms with E-state index in [4.69, 9.17) is 0 Å². The maximum absolute atomic E-state index is 9.29. The van der Waals surface area contributed by atoms with E-state index in [1.165, 1.54) is 0 Å². The van der Waals surface area contributed by atoms with Crippen LogP contribution < -0.4 is 5.32 Å². The average Bonchev–Trinajstić information content (AvgIpc) is 2.54. The maximum Gasteiger partial charge on any atom is 0.115 e. The first-order valence-electron chi connectivity index (χ1n) is 6.57. The smallest absolute Gasteiger partial charge is 0.115 e. The standard InChI is InChI=1S/C17H13N3O/c18-9-13-11-19-16-4-2-1-3-15(16)17(13)20-10-12-5-7-14(21)8-6-12/h1-8,11,21H,10H2,(H,19,20). The number of rotatable bonds is 3. The molecule has 3 aromatic rings. The molecule has 3 rings (SSSR count). The van der Waals surface area contributed by atoms with Crippen LogP contribution in [0.5, 0.6) is 5.75 Å². The number of hydrogen-bond donors (Lipinski definition) is 2. The minimum absolute atomic E-state index is 0.242. The van der Waals surface area contributed by atoms with E-state index >= 15 is 0 Å². The monoisotopic (exact) mass is 275 g/mol. The van der Waals surface area contributed by atoms with E-state index in [0.29, 0.717) is 12.1 Å². The van der Waals surface area contributed by atoms with E-state index in [1.54, 1.807) is 18.3 Å². The highest BCUT2D eigenvalue weighted by Gasteiger charge is 2.08. The van der Waals surface area contributed by atoms with Gasteiger partial charge in [-0.05, 0) is 23.8 Å². The third-order valence-electron chi connectivity index (χ3n) is 3.30. The molecule has 0 spiro atoms. The predicted molar refractivity (Wildman–Crippen MR) is 81.9 cm³/mol. The van der Waals surface area contributed by atoms with Gasteiger partial charge in [0.2, 0.25) is 0 Å². The molecular formula is C17H13N3O. The topological polar surface area (TPSA) is 68.9 Å². The highest BCUT2D eigenvalue weighted by molar-refractivity contribution is 5.93. The van der Waals surface area contributed by atoms with Crippen LogP contribution in [0, 0.1) is 11.3 Å². The minimum Gasteiger partial charge on any atom is -0.508 e. The van der Waals surface area contributed by atoms with Gasteiger partial charge in [-0.15, -0.1) is 0 Å². The van der Waals surface area contributed by atoms with Crippen LogP contribution in [-0.2, 0) is 6.54 Å². The highest BCUT2D eigenvalue weighted by Crippen LogP contribution is 2.26. The Bertz CT molecular complexity index is 820. The Labute approximate surface area is 122 Å². The molecule has 0 bridgehead atoms. The number of nitrogens with one attached hydrogen (secondary N) is 1. The molecule has 0 fully saturated rings. The fraction of sp³-hybridized carbons (Fsp3) is 0.0588. The Balaban J connectivity index is 1.95. The van der Waals surface area contributed by atoms with Gasteiger partial charge < -0.3 is 10.4 Å². The molecule has 0 aliphatic rings.